The molecule has 0 spiro atoms. The summed E-state index contributed by atoms with van der Waals surface area (Å²) in [6, 6.07) is 22.8. The molecule has 1 aliphatic heterocycles. The van der Waals surface area contributed by atoms with Crippen molar-refractivity contribution >= 4 is 21.4 Å². The Kier molecular flexibility index (Phi) is 9.40. The van der Waals surface area contributed by atoms with Crippen LogP contribution in [0.25, 0.3) is 20.5 Å². The number of ether oxygens (including phenoxy) is 3. The van der Waals surface area contributed by atoms with E-state index in [4.69, 9.17) is 19.3 Å². The fourth-order valence-corrected chi connectivity index (χ4v) is 6.61. The summed E-state index contributed by atoms with van der Waals surface area (Å²) < 4.78 is 18.5. The van der Waals surface area contributed by atoms with Gasteiger partial charge in [-0.15, -0.1) is 11.3 Å². The van der Waals surface area contributed by atoms with E-state index in [0.717, 1.165) is 68.8 Å². The number of aliphatic hydroxyl groups is 1. The van der Waals surface area contributed by atoms with Crippen LogP contribution in [0.2, 0.25) is 0 Å². The maximum atomic E-state index is 9.06. The topological polar surface area (TPSA) is 51.2 Å². The Hall–Kier alpha value is -3.06. The predicted octanol–water partition coefficient (Wildman–Crippen LogP) is 7.79. The highest BCUT2D eigenvalue weighted by Gasteiger charge is 2.19. The number of rotatable bonds is 12. The summed E-state index contributed by atoms with van der Waals surface area (Å²) >= 11 is 1.71. The lowest BCUT2D eigenvalue weighted by Crippen LogP contribution is -2.34. The molecule has 1 N–H and O–H groups in total. The van der Waals surface area contributed by atoms with Crippen molar-refractivity contribution in [1.82, 2.24) is 4.90 Å². The number of aryl methyl sites for hydroxylation is 1. The van der Waals surface area contributed by atoms with E-state index in [1.807, 2.05) is 18.2 Å². The molecular weight excluding hydrogens is 506 g/mol. The monoisotopic (exact) mass is 545 g/mol. The third-order valence-electron chi connectivity index (χ3n) is 7.76. The molecule has 1 saturated heterocycles. The van der Waals surface area contributed by atoms with Crippen molar-refractivity contribution in [2.45, 2.75) is 38.5 Å². The normalized spacial score (nSPS) is 14.5. The molecule has 4 aromatic rings. The zero-order chi connectivity index (χ0) is 27.0. The molecule has 5 nitrogen and oxygen atoms in total. The van der Waals surface area contributed by atoms with Gasteiger partial charge in [0.1, 0.15) is 17.2 Å². The molecule has 3 aromatic carbocycles. The fourth-order valence-electron chi connectivity index (χ4n) is 5.44. The van der Waals surface area contributed by atoms with Gasteiger partial charge in [0.15, 0.2) is 5.75 Å². The first-order chi connectivity index (χ1) is 19.2. The van der Waals surface area contributed by atoms with Crippen LogP contribution in [0.5, 0.6) is 23.0 Å². The van der Waals surface area contributed by atoms with Crippen molar-refractivity contribution in [1.29, 1.82) is 0 Å². The molecule has 2 heterocycles. The standard InChI is InChI=1S/C33H39NO4S/c1-36-27-13-9-26(10-14-27)33-32(30-16-15-29(37-2)23-31(30)39-33)38-28-11-7-24(8-12-28)5-3-19-34-20-17-25(18-21-34)6-4-22-35/h7-16,23,25,35H,3-6,17-22H2,1-2H3. The molecule has 0 bridgehead atoms. The average Bonchev–Trinajstić information content (AvgIpc) is 3.34. The molecule has 0 unspecified atom stereocenters. The van der Waals surface area contributed by atoms with Gasteiger partial charge in [0, 0.05) is 16.7 Å². The van der Waals surface area contributed by atoms with Crippen LogP contribution >= 0.6 is 11.3 Å². The van der Waals surface area contributed by atoms with Crippen molar-refractivity contribution in [3.63, 3.8) is 0 Å². The van der Waals surface area contributed by atoms with Gasteiger partial charge in [-0.25, -0.2) is 0 Å². The first kappa shape index (κ1) is 27.5. The van der Waals surface area contributed by atoms with Crippen LogP contribution in [-0.4, -0.2) is 50.5 Å². The fraction of sp³-hybridized carbons (Fsp3) is 0.394. The minimum absolute atomic E-state index is 0.326. The summed E-state index contributed by atoms with van der Waals surface area (Å²) in [6.45, 7) is 3.87. The zero-order valence-corrected chi connectivity index (χ0v) is 23.8. The first-order valence-electron chi connectivity index (χ1n) is 14.0. The molecule has 0 atom stereocenters. The number of benzene rings is 3. The average molecular weight is 546 g/mol. The molecular formula is C33H39NO4S. The lowest BCUT2D eigenvalue weighted by Gasteiger charge is -2.31. The minimum Gasteiger partial charge on any atom is -0.497 e. The molecule has 6 heteroatoms. The highest BCUT2D eigenvalue weighted by Crippen LogP contribution is 2.47. The van der Waals surface area contributed by atoms with E-state index < -0.39 is 0 Å². The second-order valence-electron chi connectivity index (χ2n) is 10.4. The smallest absolute Gasteiger partial charge is 0.153 e. The van der Waals surface area contributed by atoms with E-state index in [2.05, 4.69) is 53.4 Å². The molecule has 1 aromatic heterocycles. The number of aliphatic hydroxyl groups excluding tert-OH is 1. The second-order valence-corrected chi connectivity index (χ2v) is 11.4. The Labute approximate surface area is 236 Å². The molecule has 1 aliphatic rings. The second kappa shape index (κ2) is 13.3. The molecule has 0 amide bonds. The van der Waals surface area contributed by atoms with Crippen LogP contribution in [0.4, 0.5) is 0 Å². The Morgan fingerprint density at radius 3 is 2.23 bits per heavy atom. The largest absolute Gasteiger partial charge is 0.497 e. The number of methoxy groups -OCH3 is 2. The van der Waals surface area contributed by atoms with Crippen LogP contribution in [0.15, 0.2) is 66.7 Å². The van der Waals surface area contributed by atoms with Gasteiger partial charge in [-0.1, -0.05) is 12.1 Å². The van der Waals surface area contributed by atoms with E-state index in [-0.39, 0.29) is 0 Å². The Bertz CT molecular complexity index is 1320. The molecule has 5 rings (SSSR count). The van der Waals surface area contributed by atoms with Gasteiger partial charge >= 0.3 is 0 Å². The third kappa shape index (κ3) is 6.93. The Morgan fingerprint density at radius 2 is 1.54 bits per heavy atom. The number of likely N-dealkylation sites (tertiary alicyclic amines) is 1. The maximum absolute atomic E-state index is 9.06. The maximum Gasteiger partial charge on any atom is 0.153 e. The molecule has 0 saturated carbocycles. The van der Waals surface area contributed by atoms with Crippen molar-refractivity contribution in [3.05, 3.63) is 72.3 Å². The summed E-state index contributed by atoms with van der Waals surface area (Å²) in [7, 11) is 3.38. The zero-order valence-electron chi connectivity index (χ0n) is 23.0. The van der Waals surface area contributed by atoms with Gasteiger partial charge < -0.3 is 24.2 Å². The van der Waals surface area contributed by atoms with Gasteiger partial charge in [-0.2, -0.15) is 0 Å². The Morgan fingerprint density at radius 1 is 0.846 bits per heavy atom. The third-order valence-corrected chi connectivity index (χ3v) is 8.95. The predicted molar refractivity (Wildman–Crippen MR) is 161 cm³/mol. The summed E-state index contributed by atoms with van der Waals surface area (Å²) in [5.74, 6) is 4.19. The summed E-state index contributed by atoms with van der Waals surface area (Å²) in [4.78, 5) is 3.69. The van der Waals surface area contributed by atoms with Gasteiger partial charge in [0.25, 0.3) is 0 Å². The minimum atomic E-state index is 0.326. The SMILES string of the molecule is COc1ccc(-c2sc3cc(OC)ccc3c2Oc2ccc(CCCN3CCC(CCCO)CC3)cc2)cc1. The van der Waals surface area contributed by atoms with Gasteiger partial charge in [-0.3, -0.25) is 0 Å². The lowest BCUT2D eigenvalue weighted by molar-refractivity contribution is 0.169. The summed E-state index contributed by atoms with van der Waals surface area (Å²) in [5.41, 5.74) is 2.44. The number of fused-ring (bicyclic) bond motifs is 1. The van der Waals surface area contributed by atoms with Gasteiger partial charge in [-0.05, 0) is 130 Å². The van der Waals surface area contributed by atoms with E-state index in [0.29, 0.717) is 6.61 Å². The number of thiophene rings is 1. The molecule has 1 fully saturated rings. The van der Waals surface area contributed by atoms with E-state index in [1.165, 1.54) is 44.3 Å². The number of piperidine rings is 1. The summed E-state index contributed by atoms with van der Waals surface area (Å²) in [5, 5.41) is 10.1. The molecule has 39 heavy (non-hydrogen) atoms. The Balaban J connectivity index is 1.24. The van der Waals surface area contributed by atoms with E-state index >= 15 is 0 Å². The quantitative estimate of drug-likeness (QED) is 0.197. The van der Waals surface area contributed by atoms with E-state index in [1.54, 1.807) is 25.6 Å². The van der Waals surface area contributed by atoms with Crippen molar-refractivity contribution in [3.8, 4) is 33.4 Å². The number of nitrogens with zero attached hydrogens (tertiary/aromatic N) is 1. The van der Waals surface area contributed by atoms with E-state index in [9.17, 15) is 0 Å². The van der Waals surface area contributed by atoms with Gasteiger partial charge in [0.05, 0.1) is 19.1 Å². The number of hydrogen-bond acceptors (Lipinski definition) is 6. The first-order valence-corrected chi connectivity index (χ1v) is 14.8. The van der Waals surface area contributed by atoms with Crippen molar-refractivity contribution in [2.75, 3.05) is 40.5 Å². The van der Waals surface area contributed by atoms with Crippen LogP contribution in [-0.2, 0) is 6.42 Å². The summed E-state index contributed by atoms with van der Waals surface area (Å²) in [6.07, 6.45) is 6.91. The van der Waals surface area contributed by atoms with Gasteiger partial charge in [0.2, 0.25) is 0 Å². The lowest BCUT2D eigenvalue weighted by atomic mass is 9.92. The number of hydrogen-bond donors (Lipinski definition) is 1. The molecule has 0 aliphatic carbocycles. The highest BCUT2D eigenvalue weighted by molar-refractivity contribution is 7.22. The van der Waals surface area contributed by atoms with Crippen LogP contribution in [0.3, 0.4) is 0 Å². The van der Waals surface area contributed by atoms with Crippen LogP contribution in [0.1, 0.15) is 37.7 Å². The highest BCUT2D eigenvalue weighted by atomic mass is 32.1. The molecule has 206 valence electrons. The van der Waals surface area contributed by atoms with Crippen LogP contribution in [0, 0.1) is 5.92 Å². The molecule has 0 radical (unpaired) electrons. The van der Waals surface area contributed by atoms with Crippen molar-refractivity contribution < 1.29 is 19.3 Å². The van der Waals surface area contributed by atoms with Crippen LogP contribution < -0.4 is 14.2 Å². The van der Waals surface area contributed by atoms with Crippen molar-refractivity contribution in [2.24, 2.45) is 5.92 Å².